The van der Waals surface area contributed by atoms with E-state index in [1.807, 2.05) is 0 Å². The standard InChI is InChI=1S/C15H29NO2/c1-11(17)18-13-8-12(14(2,3)4)9-16(10-13)15(5,6)7/h12-13H,8-10H2,1-7H3/t12-,13+/m1/s1. The van der Waals surface area contributed by atoms with Gasteiger partial charge in [-0.25, -0.2) is 0 Å². The van der Waals surface area contributed by atoms with Crippen LogP contribution in [0.4, 0.5) is 0 Å². The maximum Gasteiger partial charge on any atom is 0.302 e. The first-order chi connectivity index (χ1) is 8.00. The summed E-state index contributed by atoms with van der Waals surface area (Å²) < 4.78 is 5.46. The zero-order valence-corrected chi connectivity index (χ0v) is 13.0. The van der Waals surface area contributed by atoms with Crippen molar-refractivity contribution in [1.29, 1.82) is 0 Å². The van der Waals surface area contributed by atoms with Crippen LogP contribution in [0.15, 0.2) is 0 Å². The molecule has 0 N–H and O–H groups in total. The van der Waals surface area contributed by atoms with Gasteiger partial charge in [0.25, 0.3) is 0 Å². The topological polar surface area (TPSA) is 29.5 Å². The van der Waals surface area contributed by atoms with E-state index in [9.17, 15) is 4.79 Å². The molecule has 3 heteroatoms. The summed E-state index contributed by atoms with van der Waals surface area (Å²) in [6, 6.07) is 0. The third kappa shape index (κ3) is 4.27. The Labute approximate surface area is 112 Å². The summed E-state index contributed by atoms with van der Waals surface area (Å²) in [5.41, 5.74) is 0.380. The average molecular weight is 255 g/mol. The van der Waals surface area contributed by atoms with Gasteiger partial charge in [-0.05, 0) is 38.5 Å². The molecule has 2 atom stereocenters. The molecule has 0 aromatic rings. The number of hydrogen-bond acceptors (Lipinski definition) is 3. The Morgan fingerprint density at radius 3 is 2.06 bits per heavy atom. The van der Waals surface area contributed by atoms with E-state index in [1.54, 1.807) is 0 Å². The van der Waals surface area contributed by atoms with E-state index in [0.29, 0.717) is 5.92 Å². The number of esters is 1. The number of ether oxygens (including phenoxy) is 1. The van der Waals surface area contributed by atoms with Crippen molar-refractivity contribution in [3.05, 3.63) is 0 Å². The van der Waals surface area contributed by atoms with Crippen molar-refractivity contribution in [3.8, 4) is 0 Å². The monoisotopic (exact) mass is 255 g/mol. The summed E-state index contributed by atoms with van der Waals surface area (Å²) in [5, 5.41) is 0. The van der Waals surface area contributed by atoms with Gasteiger partial charge in [0.1, 0.15) is 6.10 Å². The molecule has 1 heterocycles. The molecule has 0 bridgehead atoms. The molecule has 1 rings (SSSR count). The maximum atomic E-state index is 11.2. The number of piperidine rings is 1. The second-order valence-corrected chi connectivity index (χ2v) is 7.61. The zero-order chi connectivity index (χ0) is 14.1. The van der Waals surface area contributed by atoms with Crippen LogP contribution in [0.2, 0.25) is 0 Å². The van der Waals surface area contributed by atoms with Crippen LogP contribution >= 0.6 is 0 Å². The van der Waals surface area contributed by atoms with Gasteiger partial charge in [-0.2, -0.15) is 0 Å². The van der Waals surface area contributed by atoms with Crippen LogP contribution in [-0.4, -0.2) is 35.6 Å². The fourth-order valence-corrected chi connectivity index (χ4v) is 2.55. The molecular formula is C15H29NO2. The normalized spacial score (nSPS) is 27.1. The molecule has 0 aliphatic carbocycles. The lowest BCUT2D eigenvalue weighted by Crippen LogP contribution is -2.54. The van der Waals surface area contributed by atoms with E-state index >= 15 is 0 Å². The van der Waals surface area contributed by atoms with Crippen molar-refractivity contribution in [3.63, 3.8) is 0 Å². The van der Waals surface area contributed by atoms with Gasteiger partial charge in [0.15, 0.2) is 0 Å². The average Bonchev–Trinajstić information content (AvgIpc) is 2.13. The third-order valence-electron chi connectivity index (χ3n) is 3.92. The van der Waals surface area contributed by atoms with Crippen molar-refractivity contribution >= 4 is 5.97 Å². The first-order valence-corrected chi connectivity index (χ1v) is 6.92. The van der Waals surface area contributed by atoms with Gasteiger partial charge in [0.2, 0.25) is 0 Å². The van der Waals surface area contributed by atoms with E-state index in [1.165, 1.54) is 6.92 Å². The molecule has 3 nitrogen and oxygen atoms in total. The highest BCUT2D eigenvalue weighted by molar-refractivity contribution is 5.66. The van der Waals surface area contributed by atoms with Crippen LogP contribution in [0.5, 0.6) is 0 Å². The molecule has 0 amide bonds. The van der Waals surface area contributed by atoms with Gasteiger partial charge in [-0.3, -0.25) is 9.69 Å². The molecule has 0 aromatic heterocycles. The maximum absolute atomic E-state index is 11.2. The predicted octanol–water partition coefficient (Wildman–Crippen LogP) is 3.08. The van der Waals surface area contributed by atoms with Crippen molar-refractivity contribution in [2.24, 2.45) is 11.3 Å². The Balaban J connectivity index is 2.82. The largest absolute Gasteiger partial charge is 0.461 e. The predicted molar refractivity (Wildman–Crippen MR) is 74.4 cm³/mol. The van der Waals surface area contributed by atoms with Crippen molar-refractivity contribution < 1.29 is 9.53 Å². The molecule has 1 saturated heterocycles. The Bertz CT molecular complexity index is 277. The number of nitrogens with zero attached hydrogens (tertiary/aromatic N) is 1. The first-order valence-electron chi connectivity index (χ1n) is 6.92. The van der Waals surface area contributed by atoms with Crippen molar-refractivity contribution in [1.82, 2.24) is 4.90 Å². The Kier molecular flexibility index (Phi) is 4.47. The first kappa shape index (κ1) is 15.5. The molecule has 106 valence electrons. The van der Waals surface area contributed by atoms with Crippen molar-refractivity contribution in [2.45, 2.75) is 66.5 Å². The number of carbonyl (C=O) groups is 1. The molecule has 0 unspecified atom stereocenters. The molecule has 0 aromatic carbocycles. The molecule has 0 saturated carbocycles. The van der Waals surface area contributed by atoms with Gasteiger partial charge < -0.3 is 4.74 Å². The third-order valence-corrected chi connectivity index (χ3v) is 3.92. The van der Waals surface area contributed by atoms with E-state index in [2.05, 4.69) is 46.4 Å². The minimum Gasteiger partial charge on any atom is -0.461 e. The lowest BCUT2D eigenvalue weighted by atomic mass is 9.74. The molecule has 1 aliphatic rings. The number of likely N-dealkylation sites (tertiary alicyclic amines) is 1. The van der Waals surface area contributed by atoms with Gasteiger partial charge >= 0.3 is 5.97 Å². The Morgan fingerprint density at radius 1 is 1.11 bits per heavy atom. The molecule has 18 heavy (non-hydrogen) atoms. The quantitative estimate of drug-likeness (QED) is 0.674. The zero-order valence-electron chi connectivity index (χ0n) is 13.0. The number of carbonyl (C=O) groups excluding carboxylic acids is 1. The fourth-order valence-electron chi connectivity index (χ4n) is 2.55. The summed E-state index contributed by atoms with van der Waals surface area (Å²) in [5.74, 6) is 0.401. The lowest BCUT2D eigenvalue weighted by molar-refractivity contribution is -0.153. The van der Waals surface area contributed by atoms with Crippen LogP contribution in [-0.2, 0) is 9.53 Å². The minimum absolute atomic E-state index is 0.0414. The Hall–Kier alpha value is -0.570. The number of hydrogen-bond donors (Lipinski definition) is 0. The van der Waals surface area contributed by atoms with Crippen LogP contribution in [0.3, 0.4) is 0 Å². The van der Waals surface area contributed by atoms with E-state index in [-0.39, 0.29) is 23.0 Å². The van der Waals surface area contributed by atoms with Crippen LogP contribution in [0, 0.1) is 11.3 Å². The summed E-state index contributed by atoms with van der Waals surface area (Å²) >= 11 is 0. The Morgan fingerprint density at radius 2 is 1.67 bits per heavy atom. The number of rotatable bonds is 1. The van der Waals surface area contributed by atoms with Gasteiger partial charge in [-0.15, -0.1) is 0 Å². The molecular weight excluding hydrogens is 226 g/mol. The SMILES string of the molecule is CC(=O)O[C@H]1C[C@@H](C(C)(C)C)CN(C(C)(C)C)C1. The van der Waals surface area contributed by atoms with E-state index in [0.717, 1.165) is 19.5 Å². The van der Waals surface area contributed by atoms with Crippen LogP contribution < -0.4 is 0 Å². The van der Waals surface area contributed by atoms with Crippen LogP contribution in [0.25, 0.3) is 0 Å². The lowest BCUT2D eigenvalue weighted by Gasteiger charge is -2.47. The fraction of sp³-hybridized carbons (Fsp3) is 0.933. The second kappa shape index (κ2) is 5.20. The summed E-state index contributed by atoms with van der Waals surface area (Å²) in [7, 11) is 0. The summed E-state index contributed by atoms with van der Waals surface area (Å²) in [6.07, 6.45) is 1.02. The van der Waals surface area contributed by atoms with Crippen LogP contribution in [0.1, 0.15) is 54.9 Å². The second-order valence-electron chi connectivity index (χ2n) is 7.61. The van der Waals surface area contributed by atoms with E-state index < -0.39 is 0 Å². The van der Waals surface area contributed by atoms with E-state index in [4.69, 9.17) is 4.74 Å². The minimum atomic E-state index is -0.164. The van der Waals surface area contributed by atoms with Gasteiger partial charge in [-0.1, -0.05) is 20.8 Å². The highest BCUT2D eigenvalue weighted by Gasteiger charge is 2.38. The smallest absolute Gasteiger partial charge is 0.302 e. The molecule has 0 radical (unpaired) electrons. The van der Waals surface area contributed by atoms with Crippen molar-refractivity contribution in [2.75, 3.05) is 13.1 Å². The molecule has 1 aliphatic heterocycles. The van der Waals surface area contributed by atoms with Gasteiger partial charge in [0, 0.05) is 25.6 Å². The molecule has 1 fully saturated rings. The summed E-state index contributed by atoms with van der Waals surface area (Å²) in [4.78, 5) is 13.6. The molecule has 0 spiro atoms. The highest BCUT2D eigenvalue weighted by atomic mass is 16.5. The highest BCUT2D eigenvalue weighted by Crippen LogP contribution is 2.36. The van der Waals surface area contributed by atoms with Gasteiger partial charge in [0.05, 0.1) is 0 Å². The summed E-state index contributed by atoms with van der Waals surface area (Å²) in [6.45, 7) is 16.9.